The van der Waals surface area contributed by atoms with Crippen LogP contribution in [0.15, 0.2) is 66.7 Å². The first-order valence-electron chi connectivity index (χ1n) is 8.38. The molecule has 1 N–H and O–H groups in total. The predicted molar refractivity (Wildman–Crippen MR) is 104 cm³/mol. The highest BCUT2D eigenvalue weighted by molar-refractivity contribution is 7.15. The number of thiophene rings is 1. The zero-order valence-corrected chi connectivity index (χ0v) is 15.6. The third-order valence-corrected chi connectivity index (χ3v) is 4.88. The van der Waals surface area contributed by atoms with Crippen molar-refractivity contribution in [1.29, 1.82) is 0 Å². The number of hydrogen-bond donors (Lipinski definition) is 1. The van der Waals surface area contributed by atoms with E-state index >= 15 is 0 Å². The van der Waals surface area contributed by atoms with E-state index in [0.717, 1.165) is 28.2 Å². The first-order valence-corrected chi connectivity index (χ1v) is 9.19. The lowest BCUT2D eigenvalue weighted by Gasteiger charge is -2.09. The van der Waals surface area contributed by atoms with Gasteiger partial charge in [-0.25, -0.2) is 4.79 Å². The Balaban J connectivity index is 1.55. The Morgan fingerprint density at radius 2 is 1.67 bits per heavy atom. The number of methoxy groups -OCH3 is 1. The molecule has 5 nitrogen and oxygen atoms in total. The largest absolute Gasteiger partial charge is 0.489 e. The van der Waals surface area contributed by atoms with Crippen LogP contribution in [0, 0.1) is 0 Å². The third-order valence-electron chi connectivity index (χ3n) is 3.82. The second-order valence-corrected chi connectivity index (χ2v) is 6.84. The van der Waals surface area contributed by atoms with E-state index in [1.54, 1.807) is 12.1 Å². The molecule has 27 heavy (non-hydrogen) atoms. The minimum Gasteiger partial charge on any atom is -0.489 e. The molecule has 0 saturated heterocycles. The lowest BCUT2D eigenvalue weighted by atomic mass is 10.2. The van der Waals surface area contributed by atoms with E-state index in [1.807, 2.05) is 54.6 Å². The molecule has 0 bridgehead atoms. The fourth-order valence-electron chi connectivity index (χ4n) is 2.43. The summed E-state index contributed by atoms with van der Waals surface area (Å²) in [4.78, 5) is 24.6. The van der Waals surface area contributed by atoms with Crippen LogP contribution in [-0.2, 0) is 17.9 Å². The molecule has 1 amide bonds. The van der Waals surface area contributed by atoms with Crippen molar-refractivity contribution in [3.8, 4) is 5.75 Å². The molecular weight excluding hydrogens is 362 g/mol. The number of nitrogens with one attached hydrogen (secondary N) is 1. The van der Waals surface area contributed by atoms with Crippen LogP contribution < -0.4 is 10.1 Å². The number of hydrogen-bond acceptors (Lipinski definition) is 5. The molecule has 0 saturated carbocycles. The number of carbonyl (C=O) groups is 2. The third kappa shape index (κ3) is 5.18. The van der Waals surface area contributed by atoms with Gasteiger partial charge in [0.1, 0.15) is 17.2 Å². The van der Waals surface area contributed by atoms with Crippen molar-refractivity contribution in [3.63, 3.8) is 0 Å². The molecule has 0 fully saturated rings. The van der Waals surface area contributed by atoms with E-state index in [2.05, 4.69) is 10.1 Å². The van der Waals surface area contributed by atoms with Crippen LogP contribution >= 0.6 is 11.3 Å². The maximum atomic E-state index is 12.3. The maximum Gasteiger partial charge on any atom is 0.348 e. The minimum absolute atomic E-state index is 0.231. The summed E-state index contributed by atoms with van der Waals surface area (Å²) in [6.45, 7) is 0.856. The molecule has 0 atom stereocenters. The topological polar surface area (TPSA) is 64.6 Å². The first kappa shape index (κ1) is 18.7. The van der Waals surface area contributed by atoms with E-state index in [0.29, 0.717) is 22.9 Å². The van der Waals surface area contributed by atoms with Gasteiger partial charge < -0.3 is 14.8 Å². The Hall–Kier alpha value is -3.12. The van der Waals surface area contributed by atoms with Gasteiger partial charge in [0.05, 0.1) is 12.0 Å². The molecule has 2 aromatic carbocycles. The quantitative estimate of drug-likeness (QED) is 0.627. The number of esters is 1. The molecule has 0 unspecified atom stereocenters. The van der Waals surface area contributed by atoms with Gasteiger partial charge in [0.15, 0.2) is 0 Å². The summed E-state index contributed by atoms with van der Waals surface area (Å²) >= 11 is 1.11. The summed E-state index contributed by atoms with van der Waals surface area (Å²) in [6.07, 6.45) is 0. The van der Waals surface area contributed by atoms with E-state index in [4.69, 9.17) is 4.74 Å². The van der Waals surface area contributed by atoms with Gasteiger partial charge in [-0.1, -0.05) is 42.5 Å². The molecule has 0 aliphatic carbocycles. The number of benzene rings is 2. The maximum absolute atomic E-state index is 12.3. The highest BCUT2D eigenvalue weighted by atomic mass is 32.1. The highest BCUT2D eigenvalue weighted by Gasteiger charge is 2.13. The minimum atomic E-state index is -0.442. The Labute approximate surface area is 161 Å². The van der Waals surface area contributed by atoms with Gasteiger partial charge in [0, 0.05) is 6.54 Å². The van der Waals surface area contributed by atoms with Crippen LogP contribution in [0.25, 0.3) is 0 Å². The lowest BCUT2D eigenvalue weighted by Crippen LogP contribution is -2.21. The molecule has 3 rings (SSSR count). The van der Waals surface area contributed by atoms with E-state index < -0.39 is 5.97 Å². The Morgan fingerprint density at radius 1 is 0.926 bits per heavy atom. The molecule has 6 heteroatoms. The van der Waals surface area contributed by atoms with Crippen molar-refractivity contribution in [2.45, 2.75) is 13.2 Å². The zero-order chi connectivity index (χ0) is 19.1. The molecule has 0 spiro atoms. The fourth-order valence-corrected chi connectivity index (χ4v) is 3.27. The molecule has 138 valence electrons. The van der Waals surface area contributed by atoms with Crippen LogP contribution in [0.4, 0.5) is 0 Å². The van der Waals surface area contributed by atoms with Crippen molar-refractivity contribution in [2.75, 3.05) is 7.11 Å². The standard InChI is InChI=1S/C21H19NO4S/c1-25-21(24)19-11-10-18(27-19)20(23)22-13-16-8-5-9-17(12-16)26-14-15-6-3-2-4-7-15/h2-12H,13-14H2,1H3,(H,22,23). The van der Waals surface area contributed by atoms with E-state index in [9.17, 15) is 9.59 Å². The highest BCUT2D eigenvalue weighted by Crippen LogP contribution is 2.18. The van der Waals surface area contributed by atoms with Crippen LogP contribution in [0.2, 0.25) is 0 Å². The van der Waals surface area contributed by atoms with E-state index in [1.165, 1.54) is 7.11 Å². The SMILES string of the molecule is COC(=O)c1ccc(C(=O)NCc2cccc(OCc3ccccc3)c2)s1. The average molecular weight is 381 g/mol. The number of rotatable bonds is 7. The summed E-state index contributed by atoms with van der Waals surface area (Å²) in [5.74, 6) is 0.0720. The van der Waals surface area contributed by atoms with Gasteiger partial charge in [-0.05, 0) is 35.4 Å². The summed E-state index contributed by atoms with van der Waals surface area (Å²) < 4.78 is 10.5. The van der Waals surface area contributed by atoms with Crippen LogP contribution in [0.3, 0.4) is 0 Å². The predicted octanol–water partition coefficient (Wildman–Crippen LogP) is 4.04. The number of amides is 1. The first-order chi connectivity index (χ1) is 13.2. The van der Waals surface area contributed by atoms with Crippen LogP contribution in [-0.4, -0.2) is 19.0 Å². The molecule has 1 heterocycles. The second kappa shape index (κ2) is 9.00. The molecule has 0 aliphatic heterocycles. The Bertz CT molecular complexity index is 921. The Morgan fingerprint density at radius 3 is 2.44 bits per heavy atom. The summed E-state index contributed by atoms with van der Waals surface area (Å²) in [6, 6.07) is 20.7. The van der Waals surface area contributed by atoms with Crippen LogP contribution in [0.5, 0.6) is 5.75 Å². The van der Waals surface area contributed by atoms with Gasteiger partial charge in [-0.3, -0.25) is 4.79 Å². The summed E-state index contributed by atoms with van der Waals surface area (Å²) in [5.41, 5.74) is 2.02. The van der Waals surface area contributed by atoms with Gasteiger partial charge in [-0.15, -0.1) is 11.3 Å². The van der Waals surface area contributed by atoms with Crippen molar-refractivity contribution in [3.05, 3.63) is 87.6 Å². The molecule has 1 aromatic heterocycles. The summed E-state index contributed by atoms with van der Waals surface area (Å²) in [7, 11) is 1.31. The van der Waals surface area contributed by atoms with Crippen LogP contribution in [0.1, 0.15) is 30.5 Å². The molecule has 3 aromatic rings. The van der Waals surface area contributed by atoms with Crippen molar-refractivity contribution >= 4 is 23.2 Å². The van der Waals surface area contributed by atoms with Gasteiger partial charge in [0.2, 0.25) is 0 Å². The van der Waals surface area contributed by atoms with Crippen molar-refractivity contribution < 1.29 is 19.1 Å². The Kier molecular flexibility index (Phi) is 6.22. The lowest BCUT2D eigenvalue weighted by molar-refractivity contribution is 0.0606. The molecular formula is C21H19NO4S. The van der Waals surface area contributed by atoms with E-state index in [-0.39, 0.29) is 5.91 Å². The van der Waals surface area contributed by atoms with Gasteiger partial charge in [0.25, 0.3) is 5.91 Å². The summed E-state index contributed by atoms with van der Waals surface area (Å²) in [5, 5.41) is 2.85. The number of carbonyl (C=O) groups excluding carboxylic acids is 2. The normalized spacial score (nSPS) is 10.3. The average Bonchev–Trinajstić information content (AvgIpc) is 3.21. The van der Waals surface area contributed by atoms with Gasteiger partial charge >= 0.3 is 5.97 Å². The second-order valence-electron chi connectivity index (χ2n) is 5.76. The fraction of sp³-hybridized carbons (Fsp3) is 0.143. The zero-order valence-electron chi connectivity index (χ0n) is 14.8. The van der Waals surface area contributed by atoms with Gasteiger partial charge in [-0.2, -0.15) is 0 Å². The van der Waals surface area contributed by atoms with Crippen molar-refractivity contribution in [2.24, 2.45) is 0 Å². The van der Waals surface area contributed by atoms with Crippen molar-refractivity contribution in [1.82, 2.24) is 5.32 Å². The number of ether oxygens (including phenoxy) is 2. The monoisotopic (exact) mass is 381 g/mol. The smallest absolute Gasteiger partial charge is 0.348 e. The molecule has 0 aliphatic rings. The molecule has 0 radical (unpaired) electrons.